The number of halogens is 2. The molecule has 112 valence electrons. The van der Waals surface area contributed by atoms with Crippen molar-refractivity contribution in [2.45, 2.75) is 11.8 Å². The van der Waals surface area contributed by atoms with Gasteiger partial charge in [0.05, 0.1) is 15.8 Å². The third kappa shape index (κ3) is 3.34. The van der Waals surface area contributed by atoms with E-state index in [0.717, 1.165) is 0 Å². The molecule has 0 aliphatic heterocycles. The summed E-state index contributed by atoms with van der Waals surface area (Å²) in [6.45, 7) is 1.72. The second-order valence-corrected chi connectivity index (χ2v) is 6.85. The van der Waals surface area contributed by atoms with Gasteiger partial charge in [-0.05, 0) is 52.7 Å². The molecule has 0 aliphatic rings. The minimum atomic E-state index is -3.91. The average Bonchev–Trinajstić information content (AvgIpc) is 2.36. The zero-order valence-corrected chi connectivity index (χ0v) is 13.4. The summed E-state index contributed by atoms with van der Waals surface area (Å²) in [5.41, 5.74) is 7.47. The quantitative estimate of drug-likeness (QED) is 0.720. The Kier molecular flexibility index (Phi) is 4.22. The first-order valence-electron chi connectivity index (χ1n) is 5.84. The van der Waals surface area contributed by atoms with E-state index >= 15 is 0 Å². The molecule has 0 aliphatic carbocycles. The van der Waals surface area contributed by atoms with E-state index in [1.807, 2.05) is 0 Å². The molecule has 0 unspecified atom stereocenters. The number of hydrogen-bond acceptors (Lipinski definition) is 4. The molecule has 8 heteroatoms. The highest BCUT2D eigenvalue weighted by atomic mass is 79.9. The Morgan fingerprint density at radius 3 is 2.52 bits per heavy atom. The first-order valence-corrected chi connectivity index (χ1v) is 8.18. The van der Waals surface area contributed by atoms with Crippen molar-refractivity contribution in [3.63, 3.8) is 0 Å². The summed E-state index contributed by atoms with van der Waals surface area (Å²) in [6, 6.07) is 7.36. The van der Waals surface area contributed by atoms with Crippen LogP contribution in [0.3, 0.4) is 0 Å². The molecule has 0 radical (unpaired) electrons. The van der Waals surface area contributed by atoms with Gasteiger partial charge in [-0.15, -0.1) is 0 Å². The molecule has 5 nitrogen and oxygen atoms in total. The number of para-hydroxylation sites is 1. The average molecular weight is 374 g/mol. The van der Waals surface area contributed by atoms with E-state index < -0.39 is 10.0 Å². The highest BCUT2D eigenvalue weighted by Crippen LogP contribution is 2.31. The van der Waals surface area contributed by atoms with E-state index in [2.05, 4.69) is 21.2 Å². The molecule has 2 aromatic rings. The van der Waals surface area contributed by atoms with Crippen molar-refractivity contribution in [3.05, 3.63) is 46.2 Å². The van der Waals surface area contributed by atoms with Gasteiger partial charge in [-0.3, -0.25) is 0 Å². The zero-order valence-electron chi connectivity index (χ0n) is 11.0. The maximum absolute atomic E-state index is 13.4. The minimum Gasteiger partial charge on any atom is -0.396 e. The Balaban J connectivity index is 2.49. The van der Waals surface area contributed by atoms with Crippen LogP contribution in [0.2, 0.25) is 0 Å². The maximum atomic E-state index is 13.4. The summed E-state index contributed by atoms with van der Waals surface area (Å²) < 4.78 is 36.6. The lowest BCUT2D eigenvalue weighted by atomic mass is 10.2. The Hall–Kier alpha value is -1.64. The first kappa shape index (κ1) is 15.7. The topological polar surface area (TPSA) is 98.2 Å². The van der Waals surface area contributed by atoms with Gasteiger partial charge in [0, 0.05) is 5.69 Å². The van der Waals surface area contributed by atoms with Crippen molar-refractivity contribution in [2.24, 2.45) is 5.14 Å². The molecule has 0 heterocycles. The molecule has 0 bridgehead atoms. The number of anilines is 3. The lowest BCUT2D eigenvalue weighted by Gasteiger charge is -2.14. The van der Waals surface area contributed by atoms with Crippen LogP contribution in [0.4, 0.5) is 21.5 Å². The van der Waals surface area contributed by atoms with Crippen LogP contribution in [0.25, 0.3) is 0 Å². The summed E-state index contributed by atoms with van der Waals surface area (Å²) in [7, 11) is -3.91. The van der Waals surface area contributed by atoms with Gasteiger partial charge < -0.3 is 11.1 Å². The van der Waals surface area contributed by atoms with Crippen molar-refractivity contribution in [1.29, 1.82) is 0 Å². The SMILES string of the molecule is Cc1cc(F)c(Br)cc1Nc1cccc(S(N)(=O)=O)c1N. The largest absolute Gasteiger partial charge is 0.396 e. The monoisotopic (exact) mass is 373 g/mol. The smallest absolute Gasteiger partial charge is 0.240 e. The van der Waals surface area contributed by atoms with Gasteiger partial charge in [0.2, 0.25) is 10.0 Å². The van der Waals surface area contributed by atoms with Crippen molar-refractivity contribution in [1.82, 2.24) is 0 Å². The van der Waals surface area contributed by atoms with Crippen molar-refractivity contribution < 1.29 is 12.8 Å². The van der Waals surface area contributed by atoms with Gasteiger partial charge in [-0.2, -0.15) is 0 Å². The Morgan fingerprint density at radius 2 is 1.90 bits per heavy atom. The van der Waals surface area contributed by atoms with Crippen LogP contribution in [-0.4, -0.2) is 8.42 Å². The predicted octanol–water partition coefficient (Wildman–Crippen LogP) is 2.87. The van der Waals surface area contributed by atoms with Crippen LogP contribution in [0, 0.1) is 12.7 Å². The van der Waals surface area contributed by atoms with Gasteiger partial charge in [-0.1, -0.05) is 6.07 Å². The van der Waals surface area contributed by atoms with Crippen LogP contribution < -0.4 is 16.2 Å². The highest BCUT2D eigenvalue weighted by molar-refractivity contribution is 9.10. The van der Waals surface area contributed by atoms with Crippen LogP contribution in [0.5, 0.6) is 0 Å². The predicted molar refractivity (Wildman–Crippen MR) is 84.3 cm³/mol. The molecule has 0 spiro atoms. The number of sulfonamides is 1. The molecule has 0 atom stereocenters. The third-order valence-corrected chi connectivity index (χ3v) is 4.49. The van der Waals surface area contributed by atoms with Crippen molar-refractivity contribution in [2.75, 3.05) is 11.1 Å². The Morgan fingerprint density at radius 1 is 1.24 bits per heavy atom. The van der Waals surface area contributed by atoms with Gasteiger partial charge >= 0.3 is 0 Å². The number of benzene rings is 2. The number of nitrogens with one attached hydrogen (secondary N) is 1. The maximum Gasteiger partial charge on any atom is 0.240 e. The molecule has 0 amide bonds. The van der Waals surface area contributed by atoms with Gasteiger partial charge in [0.15, 0.2) is 0 Å². The molecule has 21 heavy (non-hydrogen) atoms. The summed E-state index contributed by atoms with van der Waals surface area (Å²) in [4.78, 5) is -0.161. The first-order chi connectivity index (χ1) is 9.70. The molecule has 0 saturated heterocycles. The molecule has 0 saturated carbocycles. The number of rotatable bonds is 3. The van der Waals surface area contributed by atoms with E-state index in [4.69, 9.17) is 10.9 Å². The minimum absolute atomic E-state index is 0.0137. The lowest BCUT2D eigenvalue weighted by molar-refractivity contribution is 0.598. The molecular weight excluding hydrogens is 361 g/mol. The normalized spacial score (nSPS) is 11.4. The van der Waals surface area contributed by atoms with Gasteiger partial charge in [0.1, 0.15) is 10.7 Å². The summed E-state index contributed by atoms with van der Waals surface area (Å²) in [5, 5.41) is 8.08. The molecule has 2 rings (SSSR count). The number of primary sulfonamides is 1. The van der Waals surface area contributed by atoms with E-state index in [-0.39, 0.29) is 20.9 Å². The molecular formula is C13H13BrFN3O2S. The van der Waals surface area contributed by atoms with E-state index in [9.17, 15) is 12.8 Å². The molecule has 5 N–H and O–H groups in total. The van der Waals surface area contributed by atoms with E-state index in [1.165, 1.54) is 18.2 Å². The number of nitrogens with two attached hydrogens (primary N) is 2. The summed E-state index contributed by atoms with van der Waals surface area (Å²) in [6.07, 6.45) is 0. The van der Waals surface area contributed by atoms with Crippen molar-refractivity contribution >= 4 is 43.0 Å². The fraction of sp³-hybridized carbons (Fsp3) is 0.0769. The second kappa shape index (κ2) is 5.63. The van der Waals surface area contributed by atoms with Gasteiger partial charge in [0.25, 0.3) is 0 Å². The van der Waals surface area contributed by atoms with Crippen LogP contribution in [-0.2, 0) is 10.0 Å². The Bertz CT molecular complexity index is 809. The Labute approximate surface area is 130 Å². The highest BCUT2D eigenvalue weighted by Gasteiger charge is 2.15. The van der Waals surface area contributed by atoms with Crippen LogP contribution in [0.1, 0.15) is 5.56 Å². The zero-order chi connectivity index (χ0) is 15.8. The molecule has 0 aromatic heterocycles. The third-order valence-electron chi connectivity index (χ3n) is 2.91. The van der Waals surface area contributed by atoms with Gasteiger partial charge in [-0.25, -0.2) is 17.9 Å². The molecule has 0 fully saturated rings. The number of hydrogen-bond donors (Lipinski definition) is 3. The second-order valence-electron chi connectivity index (χ2n) is 4.47. The van der Waals surface area contributed by atoms with Crippen molar-refractivity contribution in [3.8, 4) is 0 Å². The lowest BCUT2D eigenvalue weighted by Crippen LogP contribution is -2.15. The van der Waals surface area contributed by atoms with E-state index in [0.29, 0.717) is 16.9 Å². The standard InChI is InChI=1S/C13H13BrFN3O2S/c1-7-5-9(15)8(14)6-11(7)18-10-3-2-4-12(13(10)16)21(17,19)20/h2-6,18H,16H2,1H3,(H2,17,19,20). The number of nitrogen functional groups attached to an aromatic ring is 1. The number of aryl methyl sites for hydroxylation is 1. The van der Waals surface area contributed by atoms with Crippen LogP contribution in [0.15, 0.2) is 39.7 Å². The summed E-state index contributed by atoms with van der Waals surface area (Å²) in [5.74, 6) is -0.385. The molecule has 2 aromatic carbocycles. The van der Waals surface area contributed by atoms with Crippen LogP contribution >= 0.6 is 15.9 Å². The van der Waals surface area contributed by atoms with E-state index in [1.54, 1.807) is 19.1 Å². The summed E-state index contributed by atoms with van der Waals surface area (Å²) >= 11 is 3.10. The fourth-order valence-corrected chi connectivity index (χ4v) is 2.86. The fourth-order valence-electron chi connectivity index (χ4n) is 1.83.